The van der Waals surface area contributed by atoms with Gasteiger partial charge in [0.25, 0.3) is 0 Å². The Balaban J connectivity index is 0.736. The molecule has 10 rings (SSSR count). The number of benzene rings is 4. The molecule has 0 aliphatic carbocycles. The Morgan fingerprint density at radius 2 is 1.66 bits per heavy atom. The number of anilines is 2. The fourth-order valence-electron chi connectivity index (χ4n) is 11.8. The molecule has 0 spiro atoms. The van der Waals surface area contributed by atoms with Crippen molar-refractivity contribution in [2.75, 3.05) is 75.8 Å². The van der Waals surface area contributed by atoms with Crippen molar-refractivity contribution in [1.82, 2.24) is 30.2 Å². The quantitative estimate of drug-likeness (QED) is 0.115. The number of aryl methyl sites for hydroxylation is 1. The van der Waals surface area contributed by atoms with Gasteiger partial charge in [-0.05, 0) is 87.4 Å². The zero-order valence-electron chi connectivity index (χ0n) is 40.3. The molecule has 1 aromatic heterocycles. The smallest absolute Gasteiger partial charge is 0.329 e. The molecule has 374 valence electrons. The number of urea groups is 1. The fourth-order valence-corrected chi connectivity index (χ4v) is 12.1. The number of piperidine rings is 3. The average Bonchev–Trinajstić information content (AvgIpc) is 3.86. The highest BCUT2D eigenvalue weighted by atomic mass is 35.5. The van der Waals surface area contributed by atoms with Gasteiger partial charge in [0.05, 0.1) is 28.9 Å². The average molecular weight is 993 g/mol. The van der Waals surface area contributed by atoms with Crippen molar-refractivity contribution in [2.24, 2.45) is 24.6 Å². The van der Waals surface area contributed by atoms with E-state index in [9.17, 15) is 19.2 Å². The third-order valence-electron chi connectivity index (χ3n) is 15.8. The summed E-state index contributed by atoms with van der Waals surface area (Å²) in [5.74, 6) is -2.02. The molecular formula is C53H60ClF2N9O6. The Bertz CT molecular complexity index is 2880. The third kappa shape index (κ3) is 8.94. The molecule has 5 amide bonds. The van der Waals surface area contributed by atoms with Crippen LogP contribution in [-0.4, -0.2) is 115 Å². The second-order valence-corrected chi connectivity index (χ2v) is 20.1. The van der Waals surface area contributed by atoms with Crippen LogP contribution < -0.4 is 35.6 Å². The number of fused-ring (bicyclic) bond motifs is 2. The summed E-state index contributed by atoms with van der Waals surface area (Å²) in [6.07, 6.45) is 5.51. The lowest BCUT2D eigenvalue weighted by Gasteiger charge is -2.40. The number of hydrogen-bond acceptors (Lipinski definition) is 10. The number of likely N-dealkylation sites (tertiary alicyclic amines) is 2. The summed E-state index contributed by atoms with van der Waals surface area (Å²) in [7, 11) is 3.20. The number of ether oxygens (including phenoxy) is 2. The van der Waals surface area contributed by atoms with Crippen molar-refractivity contribution in [2.45, 2.75) is 69.4 Å². The van der Waals surface area contributed by atoms with Gasteiger partial charge in [-0.25, -0.2) is 13.6 Å². The third-order valence-corrected chi connectivity index (χ3v) is 16.1. The number of amides is 5. The Morgan fingerprint density at radius 1 is 0.930 bits per heavy atom. The molecule has 0 bridgehead atoms. The zero-order valence-corrected chi connectivity index (χ0v) is 41.1. The number of methoxy groups -OCH3 is 1. The lowest BCUT2D eigenvalue weighted by Crippen LogP contribution is -2.52. The zero-order chi connectivity index (χ0) is 49.7. The van der Waals surface area contributed by atoms with Crippen LogP contribution in [0.15, 0.2) is 66.7 Å². The number of carbonyl (C=O) groups is 4. The number of nitrogens with one attached hydrogen (secondary N) is 2. The van der Waals surface area contributed by atoms with Crippen LogP contribution >= 0.6 is 11.6 Å². The van der Waals surface area contributed by atoms with Gasteiger partial charge in [-0.3, -0.25) is 29.3 Å². The molecule has 4 saturated heterocycles. The molecule has 0 radical (unpaired) electrons. The van der Waals surface area contributed by atoms with Crippen LogP contribution in [0.3, 0.4) is 0 Å². The van der Waals surface area contributed by atoms with Crippen LogP contribution in [0.1, 0.15) is 79.3 Å². The largest absolute Gasteiger partial charge is 0.494 e. The van der Waals surface area contributed by atoms with Crippen LogP contribution in [0.4, 0.5) is 25.1 Å². The highest BCUT2D eigenvalue weighted by Crippen LogP contribution is 2.56. The van der Waals surface area contributed by atoms with E-state index in [-0.39, 0.29) is 63.4 Å². The van der Waals surface area contributed by atoms with E-state index in [1.807, 2.05) is 66.0 Å². The van der Waals surface area contributed by atoms with E-state index in [4.69, 9.17) is 31.9 Å². The molecule has 5 aromatic rings. The number of rotatable bonds is 12. The van der Waals surface area contributed by atoms with Gasteiger partial charge in [-0.15, -0.1) is 0 Å². The van der Waals surface area contributed by atoms with Crippen LogP contribution in [0.2, 0.25) is 5.02 Å². The maximum absolute atomic E-state index is 16.2. The lowest BCUT2D eigenvalue weighted by molar-refractivity contribution is -0.138. The van der Waals surface area contributed by atoms with Crippen molar-refractivity contribution in [3.63, 3.8) is 0 Å². The molecule has 15 nitrogen and oxygen atoms in total. The lowest BCUT2D eigenvalue weighted by atomic mass is 9.77. The topological polar surface area (TPSA) is 168 Å². The Morgan fingerprint density at radius 3 is 2.35 bits per heavy atom. The van der Waals surface area contributed by atoms with E-state index >= 15 is 8.78 Å². The van der Waals surface area contributed by atoms with Crippen molar-refractivity contribution >= 4 is 57.8 Å². The minimum Gasteiger partial charge on any atom is -0.494 e. The van der Waals surface area contributed by atoms with Crippen LogP contribution in [-0.2, 0) is 22.2 Å². The van der Waals surface area contributed by atoms with Crippen LogP contribution in [0.5, 0.6) is 11.5 Å². The monoisotopic (exact) mass is 991 g/mol. The van der Waals surface area contributed by atoms with Gasteiger partial charge in [0.15, 0.2) is 23.0 Å². The maximum atomic E-state index is 16.2. The van der Waals surface area contributed by atoms with Gasteiger partial charge in [0, 0.05) is 105 Å². The first kappa shape index (κ1) is 48.3. The maximum Gasteiger partial charge on any atom is 0.329 e. The molecule has 4 aromatic carbocycles. The summed E-state index contributed by atoms with van der Waals surface area (Å²) in [6, 6.07) is 19.2. The van der Waals surface area contributed by atoms with Crippen molar-refractivity contribution in [3.8, 4) is 22.6 Å². The van der Waals surface area contributed by atoms with Gasteiger partial charge in [0.1, 0.15) is 11.6 Å². The van der Waals surface area contributed by atoms with E-state index in [0.29, 0.717) is 43.5 Å². The number of nitrogens with two attached hydrogens (primary N) is 1. The van der Waals surface area contributed by atoms with Crippen molar-refractivity contribution in [1.29, 1.82) is 0 Å². The number of nitrogens with zero attached hydrogens (tertiary/aromatic N) is 6. The Labute approximate surface area is 416 Å². The summed E-state index contributed by atoms with van der Waals surface area (Å²) in [4.78, 5) is 59.7. The van der Waals surface area contributed by atoms with E-state index in [1.165, 1.54) is 25.3 Å². The molecule has 0 saturated carbocycles. The first-order valence-corrected chi connectivity index (χ1v) is 25.1. The number of imide groups is 1. The van der Waals surface area contributed by atoms with Gasteiger partial charge in [-0.1, -0.05) is 54.9 Å². The predicted octanol–water partition coefficient (Wildman–Crippen LogP) is 7.33. The summed E-state index contributed by atoms with van der Waals surface area (Å²) in [5.41, 5.74) is 7.60. The van der Waals surface area contributed by atoms with Gasteiger partial charge < -0.3 is 35.2 Å². The second-order valence-electron chi connectivity index (χ2n) is 19.8. The summed E-state index contributed by atoms with van der Waals surface area (Å²) in [5, 5.41) is 11.4. The predicted molar refractivity (Wildman–Crippen MR) is 267 cm³/mol. The minimum absolute atomic E-state index is 0.00288. The van der Waals surface area contributed by atoms with E-state index in [1.54, 1.807) is 4.90 Å². The van der Waals surface area contributed by atoms with E-state index < -0.39 is 35.1 Å². The normalized spacial score (nSPS) is 21.7. The molecule has 18 heteroatoms. The SMILES string of the molecule is COc1ccc(C(N)=O)c(-c2c(Cl)c(F)cc3c2[C@H](C)C(CNC2CCN(C(=O)C4CCN(CC5CCN(c6cccc7c(N8CCC(=O)NC8=O)nn(C)c67)CC5)CC4)CC2)(c2ccccc2)O3)c1F. The molecule has 4 N–H and O–H groups in total. The molecule has 4 fully saturated rings. The first-order valence-electron chi connectivity index (χ1n) is 24.8. The van der Waals surface area contributed by atoms with Crippen molar-refractivity contribution < 1.29 is 37.4 Å². The molecular weight excluding hydrogens is 932 g/mol. The molecule has 71 heavy (non-hydrogen) atoms. The number of aromatic nitrogens is 2. The number of hydrogen-bond donors (Lipinski definition) is 3. The van der Waals surface area contributed by atoms with Gasteiger partial charge in [0.2, 0.25) is 17.7 Å². The Kier molecular flexibility index (Phi) is 13.4. The minimum atomic E-state index is -1.08. The highest BCUT2D eigenvalue weighted by Gasteiger charge is 2.50. The second kappa shape index (κ2) is 19.7. The number of halogens is 3. The van der Waals surface area contributed by atoms with Gasteiger partial charge >= 0.3 is 6.03 Å². The summed E-state index contributed by atoms with van der Waals surface area (Å²) >= 11 is 6.70. The first-order chi connectivity index (χ1) is 34.3. The number of primary amides is 1. The van der Waals surface area contributed by atoms with Gasteiger partial charge in [-0.2, -0.15) is 5.10 Å². The standard InChI is InChI=1S/C53H60ClF2N9O6/c1-31-43-41(28-38(55)46(54)45(43)44-36(49(57)67)12-13-40(70-3)47(44)56)71-53(31,34-8-5-4-6-9-34)30-58-35-18-25-64(26-19-35)51(68)33-16-21-62(22-17-33)29-32-14-23-63(24-15-32)39-11-7-10-37-48(39)61(2)60-50(37)65-27-20-42(66)59-52(65)69/h4-13,28,31-33,35,58H,14-27,29-30H2,1-3H3,(H2,57,67)(H,59,66,69)/t31-,53?/m0/s1. The number of carbonyl (C=O) groups excluding carboxylic acids is 4. The molecule has 5 aliphatic rings. The fraction of sp³-hybridized carbons (Fsp3) is 0.453. The number of para-hydroxylation sites is 1. The molecule has 1 unspecified atom stereocenters. The van der Waals surface area contributed by atoms with Crippen LogP contribution in [0, 0.1) is 23.5 Å². The van der Waals surface area contributed by atoms with Crippen molar-refractivity contribution in [3.05, 3.63) is 100 Å². The molecule has 5 aliphatic heterocycles. The molecule has 2 atom stereocenters. The Hall–Kier alpha value is -6.30. The highest BCUT2D eigenvalue weighted by molar-refractivity contribution is 6.34. The summed E-state index contributed by atoms with van der Waals surface area (Å²) in [6.45, 7) is 8.44. The summed E-state index contributed by atoms with van der Waals surface area (Å²) < 4.78 is 45.9. The van der Waals surface area contributed by atoms with E-state index in [2.05, 4.69) is 26.5 Å². The van der Waals surface area contributed by atoms with Crippen LogP contribution in [0.25, 0.3) is 22.0 Å². The molecule has 6 heterocycles. The van der Waals surface area contributed by atoms with E-state index in [0.717, 1.165) is 93.4 Å².